The second-order valence-electron chi connectivity index (χ2n) is 5.27. The van der Waals surface area contributed by atoms with E-state index < -0.39 is 6.10 Å². The van der Waals surface area contributed by atoms with Crippen molar-refractivity contribution in [2.75, 3.05) is 52.5 Å². The van der Waals surface area contributed by atoms with E-state index in [0.717, 1.165) is 50.7 Å². The van der Waals surface area contributed by atoms with Crippen molar-refractivity contribution < 1.29 is 14.6 Å². The normalized spacial score (nSPS) is 17.6. The van der Waals surface area contributed by atoms with Gasteiger partial charge in [0.2, 0.25) is 0 Å². The molecule has 0 aromatic heterocycles. The maximum Gasteiger partial charge on any atom is 0.119 e. The lowest BCUT2D eigenvalue weighted by molar-refractivity contribution is 0.0376. The minimum atomic E-state index is -0.511. The third kappa shape index (κ3) is 6.44. The van der Waals surface area contributed by atoms with Crippen LogP contribution in [0.2, 0.25) is 0 Å². The van der Waals surface area contributed by atoms with Gasteiger partial charge in [0.15, 0.2) is 0 Å². The lowest BCUT2D eigenvalue weighted by Crippen LogP contribution is -2.41. The summed E-state index contributed by atoms with van der Waals surface area (Å²) < 4.78 is 10.8. The highest BCUT2D eigenvalue weighted by Crippen LogP contribution is 2.12. The van der Waals surface area contributed by atoms with Crippen LogP contribution in [0.5, 0.6) is 5.75 Å². The Morgan fingerprint density at radius 1 is 1.38 bits per heavy atom. The SMILES string of the molecule is [CH2]c1cccc(OCC(O)CNCCN2CCOCC2)c1. The van der Waals surface area contributed by atoms with Gasteiger partial charge < -0.3 is 19.9 Å². The molecule has 21 heavy (non-hydrogen) atoms. The first-order chi connectivity index (χ1) is 10.2. The summed E-state index contributed by atoms with van der Waals surface area (Å²) in [6, 6.07) is 7.53. The topological polar surface area (TPSA) is 54.0 Å². The van der Waals surface area contributed by atoms with E-state index >= 15 is 0 Å². The van der Waals surface area contributed by atoms with Crippen molar-refractivity contribution >= 4 is 0 Å². The number of nitrogens with zero attached hydrogens (tertiary/aromatic N) is 1. The number of morpholine rings is 1. The van der Waals surface area contributed by atoms with Crippen molar-refractivity contribution in [3.63, 3.8) is 0 Å². The summed E-state index contributed by atoms with van der Waals surface area (Å²) in [7, 11) is 0. The van der Waals surface area contributed by atoms with Crippen molar-refractivity contribution in [3.05, 3.63) is 36.8 Å². The third-order valence-corrected chi connectivity index (χ3v) is 3.43. The Bertz CT molecular complexity index is 408. The molecular weight excluding hydrogens is 268 g/mol. The van der Waals surface area contributed by atoms with E-state index in [1.54, 1.807) is 0 Å². The van der Waals surface area contributed by atoms with Gasteiger partial charge in [0, 0.05) is 32.7 Å². The van der Waals surface area contributed by atoms with E-state index in [2.05, 4.69) is 17.1 Å². The minimum Gasteiger partial charge on any atom is -0.491 e. The fraction of sp³-hybridized carbons (Fsp3) is 0.562. The molecule has 2 N–H and O–H groups in total. The fourth-order valence-corrected chi connectivity index (χ4v) is 2.22. The fourth-order valence-electron chi connectivity index (χ4n) is 2.22. The molecule has 0 amide bonds. The smallest absolute Gasteiger partial charge is 0.119 e. The van der Waals surface area contributed by atoms with Crippen LogP contribution in [0.25, 0.3) is 0 Å². The summed E-state index contributed by atoms with van der Waals surface area (Å²) in [5.74, 6) is 0.745. The molecule has 0 bridgehead atoms. The van der Waals surface area contributed by atoms with Gasteiger partial charge in [-0.15, -0.1) is 0 Å². The number of ether oxygens (including phenoxy) is 2. The molecule has 1 unspecified atom stereocenters. The monoisotopic (exact) mass is 293 g/mol. The molecule has 1 fully saturated rings. The molecule has 1 aliphatic heterocycles. The second-order valence-corrected chi connectivity index (χ2v) is 5.27. The summed E-state index contributed by atoms with van der Waals surface area (Å²) in [5.41, 5.74) is 0.908. The molecule has 1 aliphatic rings. The van der Waals surface area contributed by atoms with E-state index in [0.29, 0.717) is 6.54 Å². The number of nitrogens with one attached hydrogen (secondary N) is 1. The van der Waals surface area contributed by atoms with Crippen LogP contribution in [0.4, 0.5) is 0 Å². The number of benzene rings is 1. The van der Waals surface area contributed by atoms with Crippen molar-refractivity contribution in [3.8, 4) is 5.75 Å². The van der Waals surface area contributed by atoms with Gasteiger partial charge in [-0.2, -0.15) is 0 Å². The highest BCUT2D eigenvalue weighted by Gasteiger charge is 2.10. The van der Waals surface area contributed by atoms with Crippen molar-refractivity contribution in [1.82, 2.24) is 10.2 Å². The summed E-state index contributed by atoms with van der Waals surface area (Å²) in [6.07, 6.45) is -0.511. The predicted octanol–water partition coefficient (Wildman–Crippen LogP) is 0.530. The van der Waals surface area contributed by atoms with Crippen LogP contribution >= 0.6 is 0 Å². The Labute approximate surface area is 126 Å². The van der Waals surface area contributed by atoms with Gasteiger partial charge in [-0.05, 0) is 24.6 Å². The van der Waals surface area contributed by atoms with Gasteiger partial charge in [0.05, 0.1) is 13.2 Å². The zero-order valence-electron chi connectivity index (χ0n) is 12.5. The molecule has 5 nitrogen and oxygen atoms in total. The molecule has 0 spiro atoms. The Hall–Kier alpha value is -1.14. The van der Waals surface area contributed by atoms with Crippen LogP contribution in [0.1, 0.15) is 5.56 Å². The molecule has 0 saturated carbocycles. The average molecular weight is 293 g/mol. The molecule has 5 heteroatoms. The van der Waals surface area contributed by atoms with Crippen molar-refractivity contribution in [2.24, 2.45) is 0 Å². The van der Waals surface area contributed by atoms with Crippen LogP contribution in [-0.2, 0) is 4.74 Å². The Morgan fingerprint density at radius 3 is 2.95 bits per heavy atom. The molecule has 1 radical (unpaired) electrons. The van der Waals surface area contributed by atoms with Crippen LogP contribution in [0.15, 0.2) is 24.3 Å². The quantitative estimate of drug-likeness (QED) is 0.685. The Kier molecular flexibility index (Phi) is 6.95. The molecule has 1 aromatic rings. The van der Waals surface area contributed by atoms with Crippen molar-refractivity contribution in [2.45, 2.75) is 6.10 Å². The zero-order valence-corrected chi connectivity index (χ0v) is 12.5. The molecule has 1 atom stereocenters. The van der Waals surface area contributed by atoms with Crippen LogP contribution in [-0.4, -0.2) is 68.7 Å². The maximum atomic E-state index is 9.88. The standard InChI is InChI=1S/C16H25N2O3/c1-14-3-2-4-16(11-14)21-13-15(19)12-17-5-6-18-7-9-20-10-8-18/h2-4,11,15,17,19H,1,5-10,12-13H2. The van der Waals surface area contributed by atoms with E-state index in [-0.39, 0.29) is 6.61 Å². The summed E-state index contributed by atoms with van der Waals surface area (Å²) in [4.78, 5) is 2.36. The van der Waals surface area contributed by atoms with Crippen LogP contribution < -0.4 is 10.1 Å². The van der Waals surface area contributed by atoms with E-state index in [9.17, 15) is 5.11 Å². The number of hydrogen-bond donors (Lipinski definition) is 2. The van der Waals surface area contributed by atoms with Gasteiger partial charge in [0.25, 0.3) is 0 Å². The lowest BCUT2D eigenvalue weighted by atomic mass is 10.2. The zero-order chi connectivity index (χ0) is 14.9. The molecular formula is C16H25N2O3. The highest BCUT2D eigenvalue weighted by atomic mass is 16.5. The Balaban J connectivity index is 1.54. The summed E-state index contributed by atoms with van der Waals surface area (Å²) >= 11 is 0. The Morgan fingerprint density at radius 2 is 2.19 bits per heavy atom. The van der Waals surface area contributed by atoms with Crippen molar-refractivity contribution in [1.29, 1.82) is 0 Å². The molecule has 1 heterocycles. The highest BCUT2D eigenvalue weighted by molar-refractivity contribution is 5.29. The number of aliphatic hydroxyl groups excluding tert-OH is 1. The first kappa shape index (κ1) is 16.2. The minimum absolute atomic E-state index is 0.286. The van der Waals surface area contributed by atoms with E-state index in [1.807, 2.05) is 24.3 Å². The first-order valence-electron chi connectivity index (χ1n) is 7.48. The predicted molar refractivity (Wildman–Crippen MR) is 82.5 cm³/mol. The molecule has 0 aliphatic carbocycles. The lowest BCUT2D eigenvalue weighted by Gasteiger charge is -2.26. The first-order valence-corrected chi connectivity index (χ1v) is 7.48. The number of rotatable bonds is 8. The molecule has 1 saturated heterocycles. The van der Waals surface area contributed by atoms with Gasteiger partial charge in [-0.1, -0.05) is 12.1 Å². The molecule has 1 aromatic carbocycles. The van der Waals surface area contributed by atoms with Gasteiger partial charge in [-0.25, -0.2) is 0 Å². The second kappa shape index (κ2) is 9.00. The van der Waals surface area contributed by atoms with Crippen LogP contribution in [0, 0.1) is 6.92 Å². The summed E-state index contributed by atoms with van der Waals surface area (Å²) in [5, 5.41) is 13.1. The maximum absolute atomic E-state index is 9.88. The average Bonchev–Trinajstić information content (AvgIpc) is 2.51. The number of hydrogen-bond acceptors (Lipinski definition) is 5. The van der Waals surface area contributed by atoms with Gasteiger partial charge >= 0.3 is 0 Å². The van der Waals surface area contributed by atoms with Gasteiger partial charge in [-0.3, -0.25) is 4.90 Å². The largest absolute Gasteiger partial charge is 0.491 e. The molecule has 117 valence electrons. The van der Waals surface area contributed by atoms with E-state index in [1.165, 1.54) is 0 Å². The third-order valence-electron chi connectivity index (χ3n) is 3.43. The van der Waals surface area contributed by atoms with Gasteiger partial charge in [0.1, 0.15) is 18.5 Å². The van der Waals surface area contributed by atoms with Crippen LogP contribution in [0.3, 0.4) is 0 Å². The number of aliphatic hydroxyl groups is 1. The summed E-state index contributed by atoms with van der Waals surface area (Å²) in [6.45, 7) is 10.2. The van der Waals surface area contributed by atoms with E-state index in [4.69, 9.17) is 9.47 Å². The molecule has 2 rings (SSSR count).